The number of rotatable bonds is 8. The Morgan fingerprint density at radius 3 is 2.35 bits per heavy atom. The zero-order chi connectivity index (χ0) is 15.0. The lowest BCUT2D eigenvalue weighted by Gasteiger charge is -2.30. The minimum absolute atomic E-state index is 0.0556. The van der Waals surface area contributed by atoms with Crippen LogP contribution in [-0.4, -0.2) is 30.2 Å². The van der Waals surface area contributed by atoms with Crippen molar-refractivity contribution in [2.75, 3.05) is 13.2 Å². The highest BCUT2D eigenvalue weighted by Gasteiger charge is 2.34. The van der Waals surface area contributed by atoms with Crippen LogP contribution >= 0.6 is 0 Å². The quantitative estimate of drug-likeness (QED) is 0.674. The molecule has 1 rings (SSSR count). The molecule has 1 aromatic carbocycles. The van der Waals surface area contributed by atoms with Gasteiger partial charge in [0.05, 0.1) is 18.1 Å². The number of hydrogen-bond donors (Lipinski definition) is 3. The molecule has 0 saturated heterocycles. The predicted octanol–water partition coefficient (Wildman–Crippen LogP) is 1.47. The molecule has 0 spiro atoms. The van der Waals surface area contributed by atoms with Crippen LogP contribution in [-0.2, 0) is 11.2 Å². The van der Waals surface area contributed by atoms with Crippen LogP contribution < -0.4 is 11.1 Å². The summed E-state index contributed by atoms with van der Waals surface area (Å²) in [7, 11) is 0. The molecule has 20 heavy (non-hydrogen) atoms. The number of hydrogen-bond acceptors (Lipinski definition) is 3. The summed E-state index contributed by atoms with van der Waals surface area (Å²) >= 11 is 0. The fourth-order valence-electron chi connectivity index (χ4n) is 2.35. The molecule has 1 aromatic rings. The van der Waals surface area contributed by atoms with Crippen LogP contribution in [0, 0.1) is 5.41 Å². The molecule has 0 heterocycles. The molecule has 0 bridgehead atoms. The summed E-state index contributed by atoms with van der Waals surface area (Å²) in [5.74, 6) is -0.0556. The van der Waals surface area contributed by atoms with Crippen molar-refractivity contribution in [3.05, 3.63) is 35.9 Å². The van der Waals surface area contributed by atoms with E-state index in [1.807, 2.05) is 44.2 Å². The normalized spacial score (nSPS) is 13.0. The van der Waals surface area contributed by atoms with Gasteiger partial charge in [0.1, 0.15) is 0 Å². The van der Waals surface area contributed by atoms with Gasteiger partial charge >= 0.3 is 0 Å². The van der Waals surface area contributed by atoms with Gasteiger partial charge in [0.25, 0.3) is 0 Å². The third-order valence-corrected chi connectivity index (χ3v) is 4.11. The molecule has 0 saturated carbocycles. The Balaban J connectivity index is 2.70. The summed E-state index contributed by atoms with van der Waals surface area (Å²) in [5, 5.41) is 12.4. The average molecular weight is 278 g/mol. The number of carbonyl (C=O) groups excluding carboxylic acids is 1. The zero-order valence-electron chi connectivity index (χ0n) is 12.4. The Morgan fingerprint density at radius 1 is 1.30 bits per heavy atom. The van der Waals surface area contributed by atoms with E-state index in [9.17, 15) is 9.90 Å². The van der Waals surface area contributed by atoms with Crippen molar-refractivity contribution in [2.24, 2.45) is 11.1 Å². The second-order valence-electron chi connectivity index (χ2n) is 5.23. The summed E-state index contributed by atoms with van der Waals surface area (Å²) < 4.78 is 0. The summed E-state index contributed by atoms with van der Waals surface area (Å²) in [4.78, 5) is 12.4. The molecule has 1 unspecified atom stereocenters. The Kier molecular flexibility index (Phi) is 6.68. The lowest BCUT2D eigenvalue weighted by molar-refractivity contribution is -0.132. The maximum Gasteiger partial charge on any atom is 0.227 e. The average Bonchev–Trinajstić information content (AvgIpc) is 2.50. The first-order valence-corrected chi connectivity index (χ1v) is 7.27. The van der Waals surface area contributed by atoms with E-state index >= 15 is 0 Å². The SMILES string of the molecule is CCC(CC)(CN)C(=O)NC(CO)Cc1ccccc1. The molecule has 0 fully saturated rings. The maximum absolute atomic E-state index is 12.4. The number of benzene rings is 1. The molecule has 0 aliphatic heterocycles. The topological polar surface area (TPSA) is 75.4 Å². The molecule has 4 N–H and O–H groups in total. The van der Waals surface area contributed by atoms with Gasteiger partial charge in [-0.15, -0.1) is 0 Å². The van der Waals surface area contributed by atoms with Gasteiger partial charge in [-0.3, -0.25) is 4.79 Å². The van der Waals surface area contributed by atoms with E-state index < -0.39 is 5.41 Å². The third kappa shape index (κ3) is 4.05. The first-order valence-electron chi connectivity index (χ1n) is 7.27. The van der Waals surface area contributed by atoms with Crippen LogP contribution in [0.25, 0.3) is 0 Å². The molecule has 0 aliphatic rings. The highest BCUT2D eigenvalue weighted by atomic mass is 16.3. The van der Waals surface area contributed by atoms with Gasteiger partial charge in [-0.05, 0) is 24.8 Å². The fourth-order valence-corrected chi connectivity index (χ4v) is 2.35. The number of aliphatic hydroxyl groups is 1. The number of carbonyl (C=O) groups is 1. The van der Waals surface area contributed by atoms with E-state index in [0.717, 1.165) is 5.56 Å². The Hall–Kier alpha value is -1.39. The van der Waals surface area contributed by atoms with Crippen molar-refractivity contribution in [2.45, 2.75) is 39.2 Å². The van der Waals surface area contributed by atoms with Crippen LogP contribution in [0.2, 0.25) is 0 Å². The third-order valence-electron chi connectivity index (χ3n) is 4.11. The fraction of sp³-hybridized carbons (Fsp3) is 0.562. The Morgan fingerprint density at radius 2 is 1.90 bits per heavy atom. The van der Waals surface area contributed by atoms with Gasteiger partial charge in [0, 0.05) is 6.54 Å². The second-order valence-corrected chi connectivity index (χ2v) is 5.23. The van der Waals surface area contributed by atoms with Gasteiger partial charge in [0.15, 0.2) is 0 Å². The van der Waals surface area contributed by atoms with Crippen molar-refractivity contribution < 1.29 is 9.90 Å². The summed E-state index contributed by atoms with van der Waals surface area (Å²) in [5.41, 5.74) is 6.35. The van der Waals surface area contributed by atoms with E-state index in [-0.39, 0.29) is 18.6 Å². The van der Waals surface area contributed by atoms with Gasteiger partial charge in [-0.25, -0.2) is 0 Å². The Bertz CT molecular complexity index is 394. The monoisotopic (exact) mass is 278 g/mol. The van der Waals surface area contributed by atoms with Gasteiger partial charge < -0.3 is 16.2 Å². The molecule has 0 aliphatic carbocycles. The smallest absolute Gasteiger partial charge is 0.227 e. The standard InChI is InChI=1S/C16H26N2O2/c1-3-16(4-2,12-17)15(20)18-14(11-19)10-13-8-6-5-7-9-13/h5-9,14,19H,3-4,10-12,17H2,1-2H3,(H,18,20). The zero-order valence-corrected chi connectivity index (χ0v) is 12.4. The molecule has 0 aromatic heterocycles. The van der Waals surface area contributed by atoms with Crippen molar-refractivity contribution in [3.8, 4) is 0 Å². The lowest BCUT2D eigenvalue weighted by atomic mass is 9.81. The summed E-state index contributed by atoms with van der Waals surface area (Å²) in [6.45, 7) is 4.20. The molecule has 4 heteroatoms. The number of nitrogens with one attached hydrogen (secondary N) is 1. The van der Waals surface area contributed by atoms with Gasteiger partial charge in [0.2, 0.25) is 5.91 Å². The van der Waals surface area contributed by atoms with E-state index in [4.69, 9.17) is 5.73 Å². The van der Waals surface area contributed by atoms with Crippen molar-refractivity contribution >= 4 is 5.91 Å². The maximum atomic E-state index is 12.4. The Labute approximate surface area is 121 Å². The first-order chi connectivity index (χ1) is 9.61. The van der Waals surface area contributed by atoms with Gasteiger partial charge in [-0.1, -0.05) is 44.2 Å². The second kappa shape index (κ2) is 8.02. The molecule has 1 amide bonds. The van der Waals surface area contributed by atoms with E-state index in [1.165, 1.54) is 0 Å². The summed E-state index contributed by atoms with van der Waals surface area (Å²) in [6.07, 6.45) is 2.03. The molecule has 4 nitrogen and oxygen atoms in total. The van der Waals surface area contributed by atoms with Crippen LogP contribution in [0.1, 0.15) is 32.3 Å². The minimum atomic E-state index is -0.524. The summed E-state index contributed by atoms with van der Waals surface area (Å²) in [6, 6.07) is 9.56. The molecule has 112 valence electrons. The molecule has 0 radical (unpaired) electrons. The largest absolute Gasteiger partial charge is 0.394 e. The number of nitrogens with two attached hydrogens (primary N) is 1. The van der Waals surface area contributed by atoms with E-state index in [1.54, 1.807) is 0 Å². The van der Waals surface area contributed by atoms with Crippen LogP contribution in [0.15, 0.2) is 30.3 Å². The van der Waals surface area contributed by atoms with Crippen molar-refractivity contribution in [1.82, 2.24) is 5.32 Å². The molecular weight excluding hydrogens is 252 g/mol. The minimum Gasteiger partial charge on any atom is -0.394 e. The van der Waals surface area contributed by atoms with Crippen molar-refractivity contribution in [1.29, 1.82) is 0 Å². The number of aliphatic hydroxyl groups excluding tert-OH is 1. The predicted molar refractivity (Wildman–Crippen MR) is 81.2 cm³/mol. The molecule has 1 atom stereocenters. The van der Waals surface area contributed by atoms with Crippen LogP contribution in [0.3, 0.4) is 0 Å². The van der Waals surface area contributed by atoms with Gasteiger partial charge in [-0.2, -0.15) is 0 Å². The van der Waals surface area contributed by atoms with E-state index in [2.05, 4.69) is 5.32 Å². The van der Waals surface area contributed by atoms with Crippen molar-refractivity contribution in [3.63, 3.8) is 0 Å². The first kappa shape index (κ1) is 16.7. The van der Waals surface area contributed by atoms with E-state index in [0.29, 0.717) is 25.8 Å². The highest BCUT2D eigenvalue weighted by Crippen LogP contribution is 2.25. The van der Waals surface area contributed by atoms with Crippen LogP contribution in [0.5, 0.6) is 0 Å². The molecular formula is C16H26N2O2. The number of amides is 1. The van der Waals surface area contributed by atoms with Crippen LogP contribution in [0.4, 0.5) is 0 Å². The lowest BCUT2D eigenvalue weighted by Crippen LogP contribution is -2.50. The highest BCUT2D eigenvalue weighted by molar-refractivity contribution is 5.83.